The van der Waals surface area contributed by atoms with Gasteiger partial charge in [0.15, 0.2) is 0 Å². The zero-order valence-corrected chi connectivity index (χ0v) is 13.5. The van der Waals surface area contributed by atoms with Gasteiger partial charge in [-0.1, -0.05) is 6.92 Å². The van der Waals surface area contributed by atoms with Crippen LogP contribution >= 0.6 is 0 Å². The van der Waals surface area contributed by atoms with Crippen LogP contribution in [0.15, 0.2) is 18.3 Å². The number of hydrogen-bond donors (Lipinski definition) is 1. The molecule has 0 aromatic carbocycles. The second-order valence-corrected chi connectivity index (χ2v) is 6.00. The van der Waals surface area contributed by atoms with Crippen LogP contribution in [0.3, 0.4) is 0 Å². The molecule has 1 N–H and O–H groups in total. The summed E-state index contributed by atoms with van der Waals surface area (Å²) in [5.41, 5.74) is 1.93. The molecule has 2 heterocycles. The van der Waals surface area contributed by atoms with Crippen molar-refractivity contribution in [2.24, 2.45) is 0 Å². The summed E-state index contributed by atoms with van der Waals surface area (Å²) < 4.78 is 0. The maximum Gasteiger partial charge on any atom is 0.0957 e. The van der Waals surface area contributed by atoms with E-state index in [0.717, 1.165) is 50.6 Å². The molecule has 0 radical (unpaired) electrons. The third kappa shape index (κ3) is 4.66. The number of aliphatic hydroxyl groups is 1. The van der Waals surface area contributed by atoms with Crippen LogP contribution in [-0.2, 0) is 0 Å². The third-order valence-corrected chi connectivity index (χ3v) is 4.10. The standard InChI is InChI=1S/C16H28N4O/c1-4-16(21)15-6-5-14(13-17-15)20-11-9-19(10-12-20)8-7-18(2)3/h5-6,13,16,21H,4,7-12H2,1-3H3/t16-/m0/s1. The Bertz CT molecular complexity index is 413. The second-order valence-electron chi connectivity index (χ2n) is 6.00. The van der Waals surface area contributed by atoms with Gasteiger partial charge in [-0.05, 0) is 32.6 Å². The molecule has 0 bridgehead atoms. The van der Waals surface area contributed by atoms with Gasteiger partial charge in [-0.15, -0.1) is 0 Å². The van der Waals surface area contributed by atoms with Crippen molar-refractivity contribution in [3.8, 4) is 0 Å². The van der Waals surface area contributed by atoms with Gasteiger partial charge in [0.05, 0.1) is 23.7 Å². The SMILES string of the molecule is CC[C@H](O)c1ccc(N2CCN(CCN(C)C)CC2)cn1. The molecular weight excluding hydrogens is 264 g/mol. The van der Waals surface area contributed by atoms with Crippen molar-refractivity contribution in [1.29, 1.82) is 0 Å². The number of pyridine rings is 1. The molecule has 5 nitrogen and oxygen atoms in total. The maximum atomic E-state index is 9.78. The average molecular weight is 292 g/mol. The minimum atomic E-state index is -0.443. The van der Waals surface area contributed by atoms with Crippen molar-refractivity contribution in [1.82, 2.24) is 14.8 Å². The number of anilines is 1. The lowest BCUT2D eigenvalue weighted by molar-refractivity contribution is 0.169. The highest BCUT2D eigenvalue weighted by Crippen LogP contribution is 2.19. The molecule has 0 saturated carbocycles. The van der Waals surface area contributed by atoms with Crippen LogP contribution in [0.2, 0.25) is 0 Å². The van der Waals surface area contributed by atoms with Crippen LogP contribution in [0.4, 0.5) is 5.69 Å². The normalized spacial score (nSPS) is 18.2. The summed E-state index contributed by atoms with van der Waals surface area (Å²) in [5, 5.41) is 9.78. The first-order valence-electron chi connectivity index (χ1n) is 7.86. The fourth-order valence-corrected chi connectivity index (χ4v) is 2.56. The third-order valence-electron chi connectivity index (χ3n) is 4.10. The Morgan fingerprint density at radius 1 is 1.24 bits per heavy atom. The van der Waals surface area contributed by atoms with E-state index in [9.17, 15) is 5.11 Å². The van der Waals surface area contributed by atoms with Gasteiger partial charge < -0.3 is 14.9 Å². The van der Waals surface area contributed by atoms with Crippen molar-refractivity contribution >= 4 is 5.69 Å². The largest absolute Gasteiger partial charge is 0.387 e. The molecule has 1 saturated heterocycles. The molecule has 5 heteroatoms. The van der Waals surface area contributed by atoms with Crippen molar-refractivity contribution in [3.63, 3.8) is 0 Å². The molecule has 2 rings (SSSR count). The molecule has 1 aliphatic rings. The molecule has 1 aliphatic heterocycles. The number of aromatic nitrogens is 1. The van der Waals surface area contributed by atoms with Crippen LogP contribution in [0, 0.1) is 0 Å². The molecule has 118 valence electrons. The fourth-order valence-electron chi connectivity index (χ4n) is 2.56. The second kappa shape index (κ2) is 7.73. The zero-order valence-electron chi connectivity index (χ0n) is 13.5. The highest BCUT2D eigenvalue weighted by atomic mass is 16.3. The van der Waals surface area contributed by atoms with Gasteiger partial charge in [-0.2, -0.15) is 0 Å². The molecule has 0 spiro atoms. The summed E-state index contributed by atoms with van der Waals surface area (Å²) in [5.74, 6) is 0. The average Bonchev–Trinajstić information content (AvgIpc) is 2.53. The fraction of sp³-hybridized carbons (Fsp3) is 0.688. The lowest BCUT2D eigenvalue weighted by Crippen LogP contribution is -2.48. The molecule has 1 atom stereocenters. The highest BCUT2D eigenvalue weighted by molar-refractivity contribution is 5.45. The smallest absolute Gasteiger partial charge is 0.0957 e. The first-order valence-corrected chi connectivity index (χ1v) is 7.86. The molecule has 0 unspecified atom stereocenters. The Balaban J connectivity index is 1.84. The number of piperazine rings is 1. The molecule has 0 amide bonds. The predicted molar refractivity (Wildman–Crippen MR) is 86.7 cm³/mol. The number of nitrogens with zero attached hydrogens (tertiary/aromatic N) is 4. The van der Waals surface area contributed by atoms with Crippen LogP contribution in [0.25, 0.3) is 0 Å². The Hall–Kier alpha value is -1.17. The zero-order chi connectivity index (χ0) is 15.2. The van der Waals surface area contributed by atoms with E-state index in [2.05, 4.69) is 39.8 Å². The minimum absolute atomic E-state index is 0.443. The van der Waals surface area contributed by atoms with E-state index >= 15 is 0 Å². The van der Waals surface area contributed by atoms with Gasteiger partial charge in [-0.25, -0.2) is 0 Å². The van der Waals surface area contributed by atoms with E-state index in [-0.39, 0.29) is 0 Å². The van der Waals surface area contributed by atoms with Crippen LogP contribution in [0.5, 0.6) is 0 Å². The molecule has 21 heavy (non-hydrogen) atoms. The summed E-state index contributed by atoms with van der Waals surface area (Å²) >= 11 is 0. The molecule has 0 aliphatic carbocycles. The topological polar surface area (TPSA) is 42.8 Å². The molecule has 1 aromatic rings. The van der Waals surface area contributed by atoms with Crippen molar-refractivity contribution in [2.75, 3.05) is 58.3 Å². The van der Waals surface area contributed by atoms with Crippen molar-refractivity contribution in [3.05, 3.63) is 24.0 Å². The summed E-state index contributed by atoms with van der Waals surface area (Å²) in [4.78, 5) is 11.5. The summed E-state index contributed by atoms with van der Waals surface area (Å²) in [6.07, 6.45) is 2.16. The Labute approximate surface area is 128 Å². The van der Waals surface area contributed by atoms with Gasteiger partial charge in [-0.3, -0.25) is 9.88 Å². The van der Waals surface area contributed by atoms with Gasteiger partial charge in [0.1, 0.15) is 0 Å². The van der Waals surface area contributed by atoms with E-state index in [0.29, 0.717) is 6.42 Å². The molecule has 1 aromatic heterocycles. The summed E-state index contributed by atoms with van der Waals surface area (Å²) in [6.45, 7) is 8.52. The van der Waals surface area contributed by atoms with Gasteiger partial charge >= 0.3 is 0 Å². The van der Waals surface area contributed by atoms with E-state index < -0.39 is 6.10 Å². The summed E-state index contributed by atoms with van der Waals surface area (Å²) in [6, 6.07) is 4.03. The number of hydrogen-bond acceptors (Lipinski definition) is 5. The monoisotopic (exact) mass is 292 g/mol. The van der Waals surface area contributed by atoms with Crippen LogP contribution in [0.1, 0.15) is 25.1 Å². The van der Waals surface area contributed by atoms with E-state index in [1.165, 1.54) is 0 Å². The van der Waals surface area contributed by atoms with Gasteiger partial charge in [0.25, 0.3) is 0 Å². The lowest BCUT2D eigenvalue weighted by Gasteiger charge is -2.36. The molecular formula is C16H28N4O. The number of likely N-dealkylation sites (N-methyl/N-ethyl adjacent to an activating group) is 1. The minimum Gasteiger partial charge on any atom is -0.387 e. The lowest BCUT2D eigenvalue weighted by atomic mass is 10.2. The molecule has 1 fully saturated rings. The van der Waals surface area contributed by atoms with Crippen LogP contribution < -0.4 is 4.90 Å². The highest BCUT2D eigenvalue weighted by Gasteiger charge is 2.17. The predicted octanol–water partition coefficient (Wildman–Crippen LogP) is 1.21. The first kappa shape index (κ1) is 16.2. The van der Waals surface area contributed by atoms with Crippen molar-refractivity contribution < 1.29 is 5.11 Å². The van der Waals surface area contributed by atoms with Crippen molar-refractivity contribution in [2.45, 2.75) is 19.4 Å². The quantitative estimate of drug-likeness (QED) is 0.854. The van der Waals surface area contributed by atoms with Crippen LogP contribution in [-0.4, -0.2) is 73.3 Å². The summed E-state index contributed by atoms with van der Waals surface area (Å²) in [7, 11) is 4.24. The van der Waals surface area contributed by atoms with E-state index in [1.807, 2.05) is 19.2 Å². The van der Waals surface area contributed by atoms with Gasteiger partial charge in [0, 0.05) is 39.3 Å². The van der Waals surface area contributed by atoms with Gasteiger partial charge in [0.2, 0.25) is 0 Å². The van der Waals surface area contributed by atoms with E-state index in [4.69, 9.17) is 0 Å². The Kier molecular flexibility index (Phi) is 5.96. The Morgan fingerprint density at radius 2 is 1.95 bits per heavy atom. The Morgan fingerprint density at radius 3 is 2.48 bits per heavy atom. The van der Waals surface area contributed by atoms with E-state index in [1.54, 1.807) is 0 Å². The first-order chi connectivity index (χ1) is 10.1. The maximum absolute atomic E-state index is 9.78. The number of aliphatic hydroxyl groups excluding tert-OH is 1. The number of rotatable bonds is 6.